The first-order valence-corrected chi connectivity index (χ1v) is 7.70. The Hall–Kier alpha value is -1.36. The van der Waals surface area contributed by atoms with Crippen molar-refractivity contribution in [1.29, 1.82) is 0 Å². The number of benzene rings is 2. The summed E-state index contributed by atoms with van der Waals surface area (Å²) in [4.78, 5) is 11.4. The third-order valence-electron chi connectivity index (χ3n) is 2.63. The second-order valence-corrected chi connectivity index (χ2v) is 6.34. The van der Waals surface area contributed by atoms with Crippen LogP contribution in [0.25, 0.3) is 0 Å². The van der Waals surface area contributed by atoms with Crippen molar-refractivity contribution in [3.8, 4) is 0 Å². The molecule has 0 amide bonds. The van der Waals surface area contributed by atoms with Gasteiger partial charge in [0.1, 0.15) is 0 Å². The fourth-order valence-corrected chi connectivity index (χ4v) is 3.13. The van der Waals surface area contributed by atoms with Crippen LogP contribution in [0.3, 0.4) is 0 Å². The maximum atomic E-state index is 12.2. The maximum Gasteiger partial charge on any atom is 0.335 e. The summed E-state index contributed by atoms with van der Waals surface area (Å²) in [5.74, 6) is -0.786. The van der Waals surface area contributed by atoms with Crippen molar-refractivity contribution in [2.45, 2.75) is 10.6 Å². The number of carboxylic acids is 1. The molecule has 1 atom stereocenters. The van der Waals surface area contributed by atoms with E-state index in [2.05, 4.69) is 0 Å². The highest BCUT2D eigenvalue weighted by Crippen LogP contribution is 2.25. The largest absolute Gasteiger partial charge is 0.478 e. The first kappa shape index (κ1) is 15.0. The van der Waals surface area contributed by atoms with E-state index in [0.717, 1.165) is 0 Å². The zero-order chi connectivity index (χ0) is 14.7. The molecule has 0 fully saturated rings. The fourth-order valence-electron chi connectivity index (χ4n) is 1.65. The molecule has 0 spiro atoms. The lowest BCUT2D eigenvalue weighted by Gasteiger charge is -2.05. The summed E-state index contributed by atoms with van der Waals surface area (Å²) in [6.07, 6.45) is 0. The summed E-state index contributed by atoms with van der Waals surface area (Å²) in [5.41, 5.74) is 0.864. The van der Waals surface area contributed by atoms with Gasteiger partial charge in [0.25, 0.3) is 0 Å². The standard InChI is InChI=1S/C14H10Cl2O3S/c15-12-5-4-11(7-13(12)16)20(19)8-9-2-1-3-10(6-9)14(17)18/h1-7H,8H2,(H,17,18). The van der Waals surface area contributed by atoms with Crippen LogP contribution in [0.15, 0.2) is 47.4 Å². The average Bonchev–Trinajstić information content (AvgIpc) is 2.42. The van der Waals surface area contributed by atoms with E-state index in [0.29, 0.717) is 20.5 Å². The fraction of sp³-hybridized carbons (Fsp3) is 0.0714. The Morgan fingerprint density at radius 3 is 2.50 bits per heavy atom. The molecule has 0 aromatic heterocycles. The number of hydrogen-bond donors (Lipinski definition) is 1. The van der Waals surface area contributed by atoms with Gasteiger partial charge >= 0.3 is 5.97 Å². The molecule has 0 heterocycles. The Kier molecular flexibility index (Phi) is 4.81. The molecule has 0 aliphatic rings. The second kappa shape index (κ2) is 6.39. The van der Waals surface area contributed by atoms with Gasteiger partial charge in [0.05, 0.1) is 32.2 Å². The van der Waals surface area contributed by atoms with Crippen LogP contribution in [-0.4, -0.2) is 15.3 Å². The predicted octanol–water partition coefficient (Wildman–Crippen LogP) is 4.00. The monoisotopic (exact) mass is 328 g/mol. The van der Waals surface area contributed by atoms with Gasteiger partial charge in [-0.05, 0) is 35.9 Å². The van der Waals surface area contributed by atoms with E-state index in [1.165, 1.54) is 12.1 Å². The summed E-state index contributed by atoms with van der Waals surface area (Å²) < 4.78 is 12.2. The Balaban J connectivity index is 2.21. The van der Waals surface area contributed by atoms with Crippen LogP contribution in [0.4, 0.5) is 0 Å². The van der Waals surface area contributed by atoms with E-state index in [1.807, 2.05) is 0 Å². The molecular formula is C14H10Cl2O3S. The molecule has 0 aliphatic carbocycles. The molecule has 1 unspecified atom stereocenters. The minimum Gasteiger partial charge on any atom is -0.478 e. The molecule has 3 nitrogen and oxygen atoms in total. The third kappa shape index (κ3) is 3.60. The van der Waals surface area contributed by atoms with Gasteiger partial charge < -0.3 is 5.11 Å². The maximum absolute atomic E-state index is 12.2. The molecule has 2 rings (SSSR count). The first-order valence-electron chi connectivity index (χ1n) is 5.63. The van der Waals surface area contributed by atoms with Crippen molar-refractivity contribution >= 4 is 40.0 Å². The van der Waals surface area contributed by atoms with Crippen LogP contribution in [0.5, 0.6) is 0 Å². The highest BCUT2D eigenvalue weighted by atomic mass is 35.5. The molecule has 2 aromatic carbocycles. The molecular weight excluding hydrogens is 319 g/mol. The van der Waals surface area contributed by atoms with Gasteiger partial charge in [-0.25, -0.2) is 4.79 Å². The van der Waals surface area contributed by atoms with Gasteiger partial charge in [0.2, 0.25) is 0 Å². The van der Waals surface area contributed by atoms with Crippen LogP contribution in [-0.2, 0) is 16.6 Å². The Labute approximate surface area is 128 Å². The molecule has 6 heteroatoms. The van der Waals surface area contributed by atoms with Crippen molar-refractivity contribution in [3.05, 3.63) is 63.6 Å². The zero-order valence-corrected chi connectivity index (χ0v) is 12.5. The van der Waals surface area contributed by atoms with E-state index in [4.69, 9.17) is 28.3 Å². The topological polar surface area (TPSA) is 54.4 Å². The van der Waals surface area contributed by atoms with Crippen LogP contribution in [0.2, 0.25) is 10.0 Å². The number of aromatic carboxylic acids is 1. The number of carbonyl (C=O) groups is 1. The number of halogens is 2. The summed E-state index contributed by atoms with van der Waals surface area (Å²) in [6, 6.07) is 11.2. The molecule has 2 aromatic rings. The highest BCUT2D eigenvalue weighted by Gasteiger charge is 2.09. The van der Waals surface area contributed by atoms with Gasteiger partial charge in [-0.3, -0.25) is 4.21 Å². The predicted molar refractivity (Wildman–Crippen MR) is 80.0 cm³/mol. The van der Waals surface area contributed by atoms with Crippen LogP contribution in [0, 0.1) is 0 Å². The van der Waals surface area contributed by atoms with Crippen LogP contribution in [0.1, 0.15) is 15.9 Å². The minimum atomic E-state index is -1.31. The summed E-state index contributed by atoms with van der Waals surface area (Å²) in [5, 5.41) is 9.67. The molecule has 0 bridgehead atoms. The smallest absolute Gasteiger partial charge is 0.335 e. The van der Waals surface area contributed by atoms with Crippen molar-refractivity contribution in [2.24, 2.45) is 0 Å². The van der Waals surface area contributed by atoms with E-state index < -0.39 is 16.8 Å². The van der Waals surface area contributed by atoms with E-state index >= 15 is 0 Å². The van der Waals surface area contributed by atoms with E-state index in [1.54, 1.807) is 30.3 Å². The minimum absolute atomic E-state index is 0.175. The van der Waals surface area contributed by atoms with E-state index in [9.17, 15) is 9.00 Å². The lowest BCUT2D eigenvalue weighted by molar-refractivity contribution is 0.0697. The molecule has 104 valence electrons. The Morgan fingerprint density at radius 1 is 1.10 bits per heavy atom. The molecule has 20 heavy (non-hydrogen) atoms. The zero-order valence-electron chi connectivity index (χ0n) is 10.2. The quantitative estimate of drug-likeness (QED) is 0.922. The summed E-state index contributed by atoms with van der Waals surface area (Å²) in [7, 11) is -1.31. The Bertz CT molecular complexity index is 686. The third-order valence-corrected chi connectivity index (χ3v) is 4.74. The molecule has 0 saturated carbocycles. The summed E-state index contributed by atoms with van der Waals surface area (Å²) >= 11 is 11.7. The highest BCUT2D eigenvalue weighted by molar-refractivity contribution is 7.84. The van der Waals surface area contributed by atoms with Gasteiger partial charge in [-0.1, -0.05) is 35.3 Å². The van der Waals surface area contributed by atoms with Crippen molar-refractivity contribution in [3.63, 3.8) is 0 Å². The number of hydrogen-bond acceptors (Lipinski definition) is 2. The Morgan fingerprint density at radius 2 is 1.85 bits per heavy atom. The van der Waals surface area contributed by atoms with Gasteiger partial charge in [0.15, 0.2) is 0 Å². The van der Waals surface area contributed by atoms with Gasteiger partial charge in [0, 0.05) is 4.90 Å². The van der Waals surface area contributed by atoms with Crippen molar-refractivity contribution in [1.82, 2.24) is 0 Å². The first-order chi connectivity index (χ1) is 9.47. The van der Waals surface area contributed by atoms with E-state index in [-0.39, 0.29) is 11.3 Å². The normalized spacial score (nSPS) is 12.1. The van der Waals surface area contributed by atoms with Gasteiger partial charge in [-0.15, -0.1) is 0 Å². The summed E-state index contributed by atoms with van der Waals surface area (Å²) in [6.45, 7) is 0. The van der Waals surface area contributed by atoms with Crippen LogP contribution < -0.4 is 0 Å². The SMILES string of the molecule is O=C(O)c1cccc(CS(=O)c2ccc(Cl)c(Cl)c2)c1. The number of carboxylic acid groups (broad SMARTS) is 1. The average molecular weight is 329 g/mol. The molecule has 0 aliphatic heterocycles. The molecule has 0 saturated heterocycles. The van der Waals surface area contributed by atoms with Gasteiger partial charge in [-0.2, -0.15) is 0 Å². The lowest BCUT2D eigenvalue weighted by atomic mass is 10.1. The van der Waals surface area contributed by atoms with Crippen LogP contribution >= 0.6 is 23.2 Å². The van der Waals surface area contributed by atoms with Crippen molar-refractivity contribution in [2.75, 3.05) is 0 Å². The second-order valence-electron chi connectivity index (χ2n) is 4.07. The van der Waals surface area contributed by atoms with Crippen molar-refractivity contribution < 1.29 is 14.1 Å². The number of rotatable bonds is 4. The molecule has 0 radical (unpaired) electrons. The molecule has 1 N–H and O–H groups in total. The lowest BCUT2D eigenvalue weighted by Crippen LogP contribution is -2.00.